The fraction of sp³-hybridized carbons (Fsp3) is 0.0714. The normalized spacial score (nSPS) is 9.81. The highest BCUT2D eigenvalue weighted by atomic mass is 79.9. The first-order valence-electron chi connectivity index (χ1n) is 5.97. The highest BCUT2D eigenvalue weighted by Crippen LogP contribution is 2.24. The summed E-state index contributed by atoms with van der Waals surface area (Å²) >= 11 is 3.27. The topological polar surface area (TPSA) is 95.0 Å². The van der Waals surface area contributed by atoms with E-state index in [4.69, 9.17) is 11.1 Å². The molecule has 1 amide bonds. The Kier molecular flexibility index (Phi) is 4.52. The maximum absolute atomic E-state index is 12.6. The van der Waals surface area contributed by atoms with Gasteiger partial charge in [-0.2, -0.15) is 5.26 Å². The molecule has 0 radical (unpaired) electrons. The lowest BCUT2D eigenvalue weighted by Gasteiger charge is -2.19. The molecular weight excluding hydrogens is 334 g/mol. The summed E-state index contributed by atoms with van der Waals surface area (Å²) in [6, 6.07) is 10.6. The monoisotopic (exact) mass is 345 g/mol. The molecule has 0 aliphatic carbocycles. The number of anilines is 2. The summed E-state index contributed by atoms with van der Waals surface area (Å²) in [6.45, 7) is 0. The van der Waals surface area contributed by atoms with Gasteiger partial charge in [0.25, 0.3) is 5.91 Å². The summed E-state index contributed by atoms with van der Waals surface area (Å²) in [4.78, 5) is 18.0. The van der Waals surface area contributed by atoms with Crippen LogP contribution in [0.4, 0.5) is 11.5 Å². The number of nitrogens with two attached hydrogens (primary N) is 1. The number of nitrogen functional groups attached to an aromatic ring is 1. The number of hydrogen-bond acceptors (Lipinski definition) is 5. The summed E-state index contributed by atoms with van der Waals surface area (Å²) < 4.78 is 0.659. The van der Waals surface area contributed by atoms with Crippen LogP contribution >= 0.6 is 15.9 Å². The SMILES string of the molecule is CN(C(=O)c1cc(Br)cnc1NN)c1ccccc1C#N. The van der Waals surface area contributed by atoms with Gasteiger partial charge in [0.2, 0.25) is 0 Å². The zero-order valence-electron chi connectivity index (χ0n) is 11.2. The number of benzene rings is 1. The van der Waals surface area contributed by atoms with Gasteiger partial charge in [-0.05, 0) is 34.1 Å². The molecule has 0 atom stereocenters. The number of aromatic nitrogens is 1. The van der Waals surface area contributed by atoms with E-state index in [-0.39, 0.29) is 11.7 Å². The Morgan fingerprint density at radius 3 is 2.86 bits per heavy atom. The number of nitrogens with zero attached hydrogens (tertiary/aromatic N) is 3. The molecule has 0 saturated heterocycles. The quantitative estimate of drug-likeness (QED) is 0.657. The number of hydrazine groups is 1. The van der Waals surface area contributed by atoms with E-state index >= 15 is 0 Å². The van der Waals surface area contributed by atoms with Gasteiger partial charge in [0.05, 0.1) is 16.8 Å². The Hall–Kier alpha value is -2.43. The molecule has 2 aromatic rings. The van der Waals surface area contributed by atoms with Crippen LogP contribution < -0.4 is 16.2 Å². The number of carbonyl (C=O) groups excluding carboxylic acids is 1. The van der Waals surface area contributed by atoms with Crippen LogP contribution in [0.2, 0.25) is 0 Å². The van der Waals surface area contributed by atoms with Crippen molar-refractivity contribution in [3.63, 3.8) is 0 Å². The van der Waals surface area contributed by atoms with Gasteiger partial charge < -0.3 is 10.3 Å². The molecule has 0 bridgehead atoms. The molecular formula is C14H12BrN5O. The number of amides is 1. The second kappa shape index (κ2) is 6.35. The molecule has 0 unspecified atom stereocenters. The Balaban J connectivity index is 2.45. The van der Waals surface area contributed by atoms with Crippen LogP contribution in [0.15, 0.2) is 41.0 Å². The van der Waals surface area contributed by atoms with Gasteiger partial charge in [-0.3, -0.25) is 4.79 Å². The average molecular weight is 346 g/mol. The van der Waals surface area contributed by atoms with Crippen molar-refractivity contribution >= 4 is 33.3 Å². The minimum atomic E-state index is -0.320. The maximum atomic E-state index is 12.6. The van der Waals surface area contributed by atoms with Crippen molar-refractivity contribution in [1.29, 1.82) is 5.26 Å². The molecule has 1 aromatic heterocycles. The lowest BCUT2D eigenvalue weighted by molar-refractivity contribution is 0.0993. The van der Waals surface area contributed by atoms with E-state index < -0.39 is 0 Å². The second-order valence-electron chi connectivity index (χ2n) is 4.19. The minimum absolute atomic E-state index is 0.268. The van der Waals surface area contributed by atoms with E-state index in [1.54, 1.807) is 37.4 Å². The van der Waals surface area contributed by atoms with Crippen LogP contribution in [0.1, 0.15) is 15.9 Å². The van der Waals surface area contributed by atoms with Crippen molar-refractivity contribution in [2.45, 2.75) is 0 Å². The maximum Gasteiger partial charge on any atom is 0.261 e. The van der Waals surface area contributed by atoms with Gasteiger partial charge in [-0.1, -0.05) is 12.1 Å². The van der Waals surface area contributed by atoms with E-state index in [9.17, 15) is 4.79 Å². The molecule has 7 heteroatoms. The van der Waals surface area contributed by atoms with E-state index in [0.717, 1.165) is 0 Å². The highest BCUT2D eigenvalue weighted by molar-refractivity contribution is 9.10. The van der Waals surface area contributed by atoms with Crippen LogP contribution in [0.25, 0.3) is 0 Å². The van der Waals surface area contributed by atoms with Gasteiger partial charge in [-0.25, -0.2) is 10.8 Å². The van der Waals surface area contributed by atoms with Crippen LogP contribution in [0, 0.1) is 11.3 Å². The number of rotatable bonds is 3. The Morgan fingerprint density at radius 1 is 1.48 bits per heavy atom. The van der Waals surface area contributed by atoms with E-state index in [2.05, 4.69) is 32.4 Å². The number of nitrogens with one attached hydrogen (secondary N) is 1. The summed E-state index contributed by atoms with van der Waals surface area (Å²) in [5, 5.41) is 9.12. The number of para-hydroxylation sites is 1. The predicted molar refractivity (Wildman–Crippen MR) is 83.6 cm³/mol. The van der Waals surface area contributed by atoms with Gasteiger partial charge in [0, 0.05) is 17.7 Å². The Bertz CT molecular complexity index is 726. The average Bonchev–Trinajstić information content (AvgIpc) is 2.53. The third kappa shape index (κ3) is 3.02. The molecule has 0 spiro atoms. The number of pyridine rings is 1. The summed E-state index contributed by atoms with van der Waals surface area (Å²) in [7, 11) is 1.60. The molecule has 21 heavy (non-hydrogen) atoms. The second-order valence-corrected chi connectivity index (χ2v) is 5.10. The smallest absolute Gasteiger partial charge is 0.261 e. The van der Waals surface area contributed by atoms with Crippen molar-refractivity contribution in [2.75, 3.05) is 17.4 Å². The lowest BCUT2D eigenvalue weighted by Crippen LogP contribution is -2.28. The molecule has 0 aliphatic rings. The van der Waals surface area contributed by atoms with Gasteiger partial charge in [0.15, 0.2) is 5.82 Å². The standard InChI is InChI=1S/C14H12BrN5O/c1-20(12-5-3-2-4-9(12)7-16)14(21)11-6-10(15)8-18-13(11)19-17/h2-6,8H,17H2,1H3,(H,18,19). The fourth-order valence-corrected chi connectivity index (χ4v) is 2.20. The number of halogens is 1. The van der Waals surface area contributed by atoms with E-state index in [1.165, 1.54) is 11.1 Å². The largest absolute Gasteiger partial charge is 0.310 e. The van der Waals surface area contributed by atoms with Crippen molar-refractivity contribution in [3.8, 4) is 6.07 Å². The van der Waals surface area contributed by atoms with Crippen molar-refractivity contribution in [1.82, 2.24) is 4.98 Å². The zero-order valence-corrected chi connectivity index (χ0v) is 12.8. The molecule has 0 fully saturated rings. The minimum Gasteiger partial charge on any atom is -0.310 e. The first-order valence-corrected chi connectivity index (χ1v) is 6.77. The Morgan fingerprint density at radius 2 is 2.19 bits per heavy atom. The van der Waals surface area contributed by atoms with Gasteiger partial charge in [0.1, 0.15) is 6.07 Å². The van der Waals surface area contributed by atoms with Gasteiger partial charge in [-0.15, -0.1) is 0 Å². The fourth-order valence-electron chi connectivity index (χ4n) is 1.87. The third-order valence-electron chi connectivity index (χ3n) is 2.91. The van der Waals surface area contributed by atoms with Crippen LogP contribution in [-0.4, -0.2) is 17.9 Å². The highest BCUT2D eigenvalue weighted by Gasteiger charge is 2.20. The third-order valence-corrected chi connectivity index (χ3v) is 3.35. The van der Waals surface area contributed by atoms with E-state index in [0.29, 0.717) is 21.3 Å². The van der Waals surface area contributed by atoms with Crippen LogP contribution in [0.5, 0.6) is 0 Å². The summed E-state index contributed by atoms with van der Waals surface area (Å²) in [5.41, 5.74) is 3.64. The zero-order chi connectivity index (χ0) is 15.4. The molecule has 106 valence electrons. The molecule has 0 aliphatic heterocycles. The summed E-state index contributed by atoms with van der Waals surface area (Å²) in [5.74, 6) is 5.33. The van der Waals surface area contributed by atoms with Crippen LogP contribution in [0.3, 0.4) is 0 Å². The molecule has 2 rings (SSSR count). The van der Waals surface area contributed by atoms with Crippen molar-refractivity contribution in [2.24, 2.45) is 5.84 Å². The van der Waals surface area contributed by atoms with Crippen molar-refractivity contribution in [3.05, 3.63) is 52.1 Å². The van der Waals surface area contributed by atoms with Gasteiger partial charge >= 0.3 is 0 Å². The van der Waals surface area contributed by atoms with E-state index in [1.807, 2.05) is 0 Å². The predicted octanol–water partition coefficient (Wildman–Crippen LogP) is 2.28. The van der Waals surface area contributed by atoms with Crippen LogP contribution in [-0.2, 0) is 0 Å². The Labute approximate surface area is 130 Å². The molecule has 6 nitrogen and oxygen atoms in total. The molecule has 1 aromatic carbocycles. The first-order chi connectivity index (χ1) is 10.1. The van der Waals surface area contributed by atoms with Crippen molar-refractivity contribution < 1.29 is 4.79 Å². The molecule has 1 heterocycles. The number of nitriles is 1. The molecule has 3 N–H and O–H groups in total. The number of hydrogen-bond donors (Lipinski definition) is 2. The number of carbonyl (C=O) groups is 1. The first kappa shape index (κ1) is 15.0. The summed E-state index contributed by atoms with van der Waals surface area (Å²) in [6.07, 6.45) is 1.54. The molecule has 0 saturated carbocycles. The lowest BCUT2D eigenvalue weighted by atomic mass is 10.1.